The fraction of sp³-hybridized carbons (Fsp3) is 0.735. The normalized spacial score (nSPS) is 28.0. The predicted molar refractivity (Wildman–Crippen MR) is 168 cm³/mol. The quantitative estimate of drug-likeness (QED) is 0.1000. The van der Waals surface area contributed by atoms with Gasteiger partial charge in [-0.2, -0.15) is 0 Å². The molecule has 41 heavy (non-hydrogen) atoms. The van der Waals surface area contributed by atoms with E-state index in [1.807, 2.05) is 33.8 Å². The summed E-state index contributed by atoms with van der Waals surface area (Å²) in [6, 6.07) is 0. The zero-order chi connectivity index (χ0) is 31.2. The molecule has 0 aromatic heterocycles. The van der Waals surface area contributed by atoms with Gasteiger partial charge in [-0.1, -0.05) is 65.0 Å². The molecule has 0 bridgehead atoms. The minimum atomic E-state index is -2.21. The van der Waals surface area contributed by atoms with Crippen LogP contribution in [0.3, 0.4) is 0 Å². The molecule has 2 aliphatic carbocycles. The van der Waals surface area contributed by atoms with Crippen molar-refractivity contribution in [1.29, 1.82) is 0 Å². The fourth-order valence-corrected chi connectivity index (χ4v) is 7.05. The van der Waals surface area contributed by atoms with E-state index in [2.05, 4.69) is 65.1 Å². The number of hydrogen-bond donors (Lipinski definition) is 0. The molecule has 0 N–H and O–H groups in total. The summed E-state index contributed by atoms with van der Waals surface area (Å²) < 4.78 is 17.7. The van der Waals surface area contributed by atoms with Crippen LogP contribution < -0.4 is 0 Å². The molecule has 0 radical (unpaired) electrons. The number of ether oxygens (including phenoxy) is 2. The molecule has 0 saturated heterocycles. The number of carbonyl (C=O) groups excluding carboxylic acids is 3. The third-order valence-corrected chi connectivity index (χ3v) is 14.3. The van der Waals surface area contributed by atoms with Crippen LogP contribution in [-0.2, 0) is 28.3 Å². The van der Waals surface area contributed by atoms with E-state index in [0.717, 1.165) is 12.8 Å². The Morgan fingerprint density at radius 3 is 2.24 bits per heavy atom. The summed E-state index contributed by atoms with van der Waals surface area (Å²) in [7, 11) is -0.849. The molecular formula is C34H56O6Si. The van der Waals surface area contributed by atoms with E-state index < -0.39 is 19.8 Å². The monoisotopic (exact) mass is 588 g/mol. The lowest BCUT2D eigenvalue weighted by Gasteiger charge is -2.47. The second kappa shape index (κ2) is 14.5. The SMILES string of the molecule is CC=C[C@@H]1C[C@H](OC(=O)C(C)(C)CC)[C@@H]2[C@@H](C=CC(=O)C[C@H](CC(=O)OC)O[Si](C)(C)C(C)(C)C)[C@@H](C)C=C[C@H]2C1. The fourth-order valence-electron chi connectivity index (χ4n) is 5.70. The van der Waals surface area contributed by atoms with E-state index in [9.17, 15) is 14.4 Å². The van der Waals surface area contributed by atoms with Crippen LogP contribution in [0, 0.1) is 35.0 Å². The Hall–Kier alpha value is -1.99. The number of esters is 2. The highest BCUT2D eigenvalue weighted by atomic mass is 28.4. The number of methoxy groups -OCH3 is 1. The molecule has 0 aromatic rings. The molecule has 1 saturated carbocycles. The van der Waals surface area contributed by atoms with Crippen molar-refractivity contribution in [3.63, 3.8) is 0 Å². The first-order valence-electron chi connectivity index (χ1n) is 15.4. The van der Waals surface area contributed by atoms with Crippen LogP contribution >= 0.6 is 0 Å². The summed E-state index contributed by atoms with van der Waals surface area (Å²) >= 11 is 0. The lowest BCUT2D eigenvalue weighted by atomic mass is 9.61. The van der Waals surface area contributed by atoms with Gasteiger partial charge in [0.05, 0.1) is 25.0 Å². The Bertz CT molecular complexity index is 1000. The van der Waals surface area contributed by atoms with Gasteiger partial charge in [-0.05, 0) is 87.9 Å². The van der Waals surface area contributed by atoms with Crippen molar-refractivity contribution >= 4 is 26.0 Å². The zero-order valence-corrected chi connectivity index (χ0v) is 28.5. The predicted octanol–water partition coefficient (Wildman–Crippen LogP) is 7.84. The molecule has 0 aliphatic heterocycles. The number of hydrogen-bond acceptors (Lipinski definition) is 6. The van der Waals surface area contributed by atoms with Gasteiger partial charge < -0.3 is 13.9 Å². The maximum atomic E-state index is 13.3. The first kappa shape index (κ1) is 35.2. The first-order chi connectivity index (χ1) is 19.0. The van der Waals surface area contributed by atoms with Gasteiger partial charge >= 0.3 is 11.9 Å². The minimum Gasteiger partial charge on any atom is -0.469 e. The lowest BCUT2D eigenvalue weighted by molar-refractivity contribution is -0.168. The second-order valence-corrected chi connectivity index (χ2v) is 19.1. The Morgan fingerprint density at radius 2 is 1.68 bits per heavy atom. The number of ketones is 1. The molecule has 1 fully saturated rings. The minimum absolute atomic E-state index is 0.0490. The van der Waals surface area contributed by atoms with E-state index in [0.29, 0.717) is 12.3 Å². The Balaban J connectivity index is 2.30. The van der Waals surface area contributed by atoms with Crippen LogP contribution in [0.5, 0.6) is 0 Å². The summed E-state index contributed by atoms with van der Waals surface area (Å²) in [4.78, 5) is 38.7. The van der Waals surface area contributed by atoms with E-state index in [1.54, 1.807) is 6.08 Å². The summed E-state index contributed by atoms with van der Waals surface area (Å²) in [5.74, 6) is 0.376. The molecule has 0 heterocycles. The highest BCUT2D eigenvalue weighted by molar-refractivity contribution is 6.74. The molecule has 0 aromatic carbocycles. The standard InChI is InChI=1S/C34H56O6Si/c1-12-14-24-19-25-16-15-23(3)28(31(25)29(20-24)39-32(37)34(7,8)13-2)18-17-26(35)21-27(22-30(36)38-9)40-41(10,11)33(4,5)6/h12,14-18,23-25,27-29,31H,13,19-22H2,1-11H3/t23-,24-,25-,27+,28-,29-,31-/m0/s1. The molecule has 0 spiro atoms. The molecular weight excluding hydrogens is 532 g/mol. The van der Waals surface area contributed by atoms with Gasteiger partial charge in [0.1, 0.15) is 6.10 Å². The van der Waals surface area contributed by atoms with Crippen LogP contribution in [0.1, 0.15) is 87.5 Å². The van der Waals surface area contributed by atoms with Gasteiger partial charge in [0, 0.05) is 12.3 Å². The molecule has 7 heteroatoms. The van der Waals surface area contributed by atoms with Crippen LogP contribution in [0.25, 0.3) is 0 Å². The van der Waals surface area contributed by atoms with Crippen molar-refractivity contribution in [1.82, 2.24) is 0 Å². The summed E-state index contributed by atoms with van der Waals surface area (Å²) in [6.07, 6.45) is 14.5. The molecule has 6 nitrogen and oxygen atoms in total. The third kappa shape index (κ3) is 9.50. The van der Waals surface area contributed by atoms with Crippen molar-refractivity contribution in [3.8, 4) is 0 Å². The highest BCUT2D eigenvalue weighted by Gasteiger charge is 2.46. The summed E-state index contributed by atoms with van der Waals surface area (Å²) in [5, 5.41) is -0.0519. The highest BCUT2D eigenvalue weighted by Crippen LogP contribution is 2.47. The topological polar surface area (TPSA) is 78.9 Å². The van der Waals surface area contributed by atoms with Crippen LogP contribution in [0.15, 0.2) is 36.5 Å². The average molecular weight is 589 g/mol. The smallest absolute Gasteiger partial charge is 0.311 e. The van der Waals surface area contributed by atoms with Crippen molar-refractivity contribution in [2.45, 2.75) is 118 Å². The molecule has 0 amide bonds. The Kier molecular flexibility index (Phi) is 12.4. The summed E-state index contributed by atoms with van der Waals surface area (Å²) in [5.41, 5.74) is -0.542. The van der Waals surface area contributed by atoms with Gasteiger partial charge in [-0.25, -0.2) is 0 Å². The first-order valence-corrected chi connectivity index (χ1v) is 18.3. The second-order valence-electron chi connectivity index (χ2n) is 14.3. The largest absolute Gasteiger partial charge is 0.469 e. The van der Waals surface area contributed by atoms with Crippen molar-refractivity contribution < 1.29 is 28.3 Å². The average Bonchev–Trinajstić information content (AvgIpc) is 2.87. The van der Waals surface area contributed by atoms with Crippen LogP contribution in [0.4, 0.5) is 0 Å². The molecule has 0 unspecified atom stereocenters. The third-order valence-electron chi connectivity index (χ3n) is 9.73. The van der Waals surface area contributed by atoms with Gasteiger partial charge in [0.15, 0.2) is 14.1 Å². The van der Waals surface area contributed by atoms with Gasteiger partial charge in [-0.3, -0.25) is 14.4 Å². The Morgan fingerprint density at radius 1 is 1.02 bits per heavy atom. The van der Waals surface area contributed by atoms with Crippen molar-refractivity contribution in [2.75, 3.05) is 7.11 Å². The maximum Gasteiger partial charge on any atom is 0.311 e. The zero-order valence-electron chi connectivity index (χ0n) is 27.5. The Labute approximate surface area is 250 Å². The molecule has 7 atom stereocenters. The lowest BCUT2D eigenvalue weighted by Crippen LogP contribution is -2.46. The van der Waals surface area contributed by atoms with E-state index >= 15 is 0 Å². The number of allylic oxidation sites excluding steroid dienone is 6. The van der Waals surface area contributed by atoms with Crippen LogP contribution in [-0.4, -0.2) is 45.4 Å². The number of rotatable bonds is 12. The molecule has 2 rings (SSSR count). The summed E-state index contributed by atoms with van der Waals surface area (Å²) in [6.45, 7) is 20.8. The molecule has 232 valence electrons. The maximum absolute atomic E-state index is 13.3. The number of carbonyl (C=O) groups is 3. The van der Waals surface area contributed by atoms with E-state index in [1.165, 1.54) is 7.11 Å². The van der Waals surface area contributed by atoms with Crippen LogP contribution in [0.2, 0.25) is 18.1 Å². The number of fused-ring (bicyclic) bond motifs is 1. The van der Waals surface area contributed by atoms with Gasteiger partial charge in [0.2, 0.25) is 0 Å². The van der Waals surface area contributed by atoms with E-state index in [-0.39, 0.29) is 65.4 Å². The van der Waals surface area contributed by atoms with Crippen molar-refractivity contribution in [2.24, 2.45) is 35.0 Å². The van der Waals surface area contributed by atoms with Crippen molar-refractivity contribution in [3.05, 3.63) is 36.5 Å². The van der Waals surface area contributed by atoms with E-state index in [4.69, 9.17) is 13.9 Å². The molecule has 2 aliphatic rings. The van der Waals surface area contributed by atoms with Gasteiger partial charge in [-0.15, -0.1) is 0 Å². The van der Waals surface area contributed by atoms with Gasteiger partial charge in [0.25, 0.3) is 0 Å².